The minimum atomic E-state index is -0.716. The SMILES string of the molecule is CC[C@H](NC(=O)c1ccccc1)C(=O)NCc1cc(=O)n(C)c(=O)n1C. The summed E-state index contributed by atoms with van der Waals surface area (Å²) in [6.07, 6.45) is 0.403. The number of carbonyl (C=O) groups excluding carboxylic acids is 2. The van der Waals surface area contributed by atoms with Crippen LogP contribution in [0.5, 0.6) is 0 Å². The monoisotopic (exact) mass is 358 g/mol. The van der Waals surface area contributed by atoms with Gasteiger partial charge in [0.05, 0.1) is 6.54 Å². The highest BCUT2D eigenvalue weighted by atomic mass is 16.2. The lowest BCUT2D eigenvalue weighted by molar-refractivity contribution is -0.123. The maximum atomic E-state index is 12.4. The Morgan fingerprint density at radius 1 is 1.08 bits per heavy atom. The summed E-state index contributed by atoms with van der Waals surface area (Å²) in [6.45, 7) is 1.79. The third-order valence-corrected chi connectivity index (χ3v) is 4.14. The number of hydrogen-bond donors (Lipinski definition) is 2. The molecule has 1 heterocycles. The molecule has 0 unspecified atom stereocenters. The summed E-state index contributed by atoms with van der Waals surface area (Å²) in [6, 6.07) is 9.19. The summed E-state index contributed by atoms with van der Waals surface area (Å²) in [5.41, 5.74) is -0.0590. The zero-order chi connectivity index (χ0) is 19.3. The third kappa shape index (κ3) is 4.27. The van der Waals surface area contributed by atoms with E-state index in [0.717, 1.165) is 4.57 Å². The molecule has 1 atom stereocenters. The van der Waals surface area contributed by atoms with E-state index in [1.165, 1.54) is 24.7 Å². The second-order valence-corrected chi connectivity index (χ2v) is 5.89. The molecule has 0 aliphatic heterocycles. The highest BCUT2D eigenvalue weighted by Gasteiger charge is 2.19. The van der Waals surface area contributed by atoms with E-state index in [1.54, 1.807) is 37.3 Å². The number of carbonyl (C=O) groups is 2. The first-order valence-electron chi connectivity index (χ1n) is 8.24. The second kappa shape index (κ2) is 8.28. The fourth-order valence-corrected chi connectivity index (χ4v) is 2.43. The largest absolute Gasteiger partial charge is 0.349 e. The van der Waals surface area contributed by atoms with Gasteiger partial charge >= 0.3 is 5.69 Å². The van der Waals surface area contributed by atoms with Gasteiger partial charge in [-0.05, 0) is 18.6 Å². The van der Waals surface area contributed by atoms with Crippen molar-refractivity contribution in [1.82, 2.24) is 19.8 Å². The minimum absolute atomic E-state index is 0.0123. The summed E-state index contributed by atoms with van der Waals surface area (Å²) in [5.74, 6) is -0.724. The van der Waals surface area contributed by atoms with E-state index in [1.807, 2.05) is 0 Å². The Morgan fingerprint density at radius 3 is 2.35 bits per heavy atom. The highest BCUT2D eigenvalue weighted by Crippen LogP contribution is 2.01. The summed E-state index contributed by atoms with van der Waals surface area (Å²) in [5, 5.41) is 5.34. The standard InChI is InChI=1S/C18H22N4O4/c1-4-14(20-16(24)12-8-6-5-7-9-12)17(25)19-11-13-10-15(23)22(3)18(26)21(13)2/h5-10,14H,4,11H2,1-3H3,(H,19,25)(H,20,24)/t14-/m0/s1. The number of benzene rings is 1. The van der Waals surface area contributed by atoms with Gasteiger partial charge in [-0.3, -0.25) is 23.5 Å². The van der Waals surface area contributed by atoms with Gasteiger partial charge in [-0.25, -0.2) is 4.79 Å². The summed E-state index contributed by atoms with van der Waals surface area (Å²) in [4.78, 5) is 48.2. The lowest BCUT2D eigenvalue weighted by Gasteiger charge is -2.17. The molecular formula is C18H22N4O4. The zero-order valence-corrected chi connectivity index (χ0v) is 15.0. The van der Waals surface area contributed by atoms with Crippen LogP contribution in [0, 0.1) is 0 Å². The van der Waals surface area contributed by atoms with Crippen molar-refractivity contribution in [3.8, 4) is 0 Å². The normalized spacial score (nSPS) is 11.7. The number of aromatic nitrogens is 2. The predicted molar refractivity (Wildman–Crippen MR) is 96.8 cm³/mol. The van der Waals surface area contributed by atoms with Crippen LogP contribution in [0.15, 0.2) is 46.0 Å². The number of nitrogens with one attached hydrogen (secondary N) is 2. The molecule has 0 fully saturated rings. The van der Waals surface area contributed by atoms with E-state index in [9.17, 15) is 19.2 Å². The van der Waals surface area contributed by atoms with Gasteiger partial charge < -0.3 is 10.6 Å². The first kappa shape index (κ1) is 19.2. The van der Waals surface area contributed by atoms with Gasteiger partial charge in [-0.1, -0.05) is 25.1 Å². The lowest BCUT2D eigenvalue weighted by atomic mass is 10.1. The average molecular weight is 358 g/mol. The van der Waals surface area contributed by atoms with Gasteiger partial charge in [-0.15, -0.1) is 0 Å². The molecule has 1 aromatic carbocycles. The third-order valence-electron chi connectivity index (χ3n) is 4.14. The van der Waals surface area contributed by atoms with Gasteiger partial charge in [0.1, 0.15) is 6.04 Å². The molecule has 0 spiro atoms. The molecule has 2 amide bonds. The van der Waals surface area contributed by atoms with Gasteiger partial charge in [0, 0.05) is 31.4 Å². The Morgan fingerprint density at radius 2 is 1.73 bits per heavy atom. The van der Waals surface area contributed by atoms with E-state index in [0.29, 0.717) is 17.7 Å². The number of hydrogen-bond acceptors (Lipinski definition) is 4. The molecule has 0 radical (unpaired) electrons. The molecular weight excluding hydrogens is 336 g/mol. The molecule has 138 valence electrons. The van der Waals surface area contributed by atoms with Crippen LogP contribution in [0.25, 0.3) is 0 Å². The van der Waals surface area contributed by atoms with Crippen LogP contribution >= 0.6 is 0 Å². The molecule has 8 nitrogen and oxygen atoms in total. The quantitative estimate of drug-likeness (QED) is 0.753. The fourth-order valence-electron chi connectivity index (χ4n) is 2.43. The number of amides is 2. The highest BCUT2D eigenvalue weighted by molar-refractivity contribution is 5.97. The first-order valence-corrected chi connectivity index (χ1v) is 8.24. The molecule has 0 saturated heterocycles. The van der Waals surface area contributed by atoms with Gasteiger partial charge in [0.15, 0.2) is 0 Å². The predicted octanol–water partition coefficient (Wildman–Crippen LogP) is -0.0912. The van der Waals surface area contributed by atoms with Crippen molar-refractivity contribution >= 4 is 11.8 Å². The Bertz CT molecular complexity index is 915. The van der Waals surface area contributed by atoms with Crippen LogP contribution in [-0.2, 0) is 25.4 Å². The summed E-state index contributed by atoms with van der Waals surface area (Å²) in [7, 11) is 2.91. The maximum Gasteiger partial charge on any atom is 0.330 e. The molecule has 2 N–H and O–H groups in total. The minimum Gasteiger partial charge on any atom is -0.349 e. The van der Waals surface area contributed by atoms with Crippen molar-refractivity contribution in [2.75, 3.05) is 0 Å². The Kier molecular flexibility index (Phi) is 6.11. The van der Waals surface area contributed by atoms with Gasteiger partial charge in [-0.2, -0.15) is 0 Å². The van der Waals surface area contributed by atoms with E-state index >= 15 is 0 Å². The maximum absolute atomic E-state index is 12.4. The molecule has 1 aromatic heterocycles. The van der Waals surface area contributed by atoms with Crippen molar-refractivity contribution in [2.45, 2.75) is 25.9 Å². The first-order chi connectivity index (χ1) is 12.3. The molecule has 0 bridgehead atoms. The van der Waals surface area contributed by atoms with Crippen molar-refractivity contribution in [3.63, 3.8) is 0 Å². The average Bonchev–Trinajstić information content (AvgIpc) is 2.66. The second-order valence-electron chi connectivity index (χ2n) is 5.89. The molecule has 0 aliphatic carbocycles. The van der Waals surface area contributed by atoms with Crippen LogP contribution in [-0.4, -0.2) is 27.0 Å². The van der Waals surface area contributed by atoms with E-state index in [4.69, 9.17) is 0 Å². The smallest absolute Gasteiger partial charge is 0.330 e. The molecule has 0 aliphatic rings. The molecule has 2 aromatic rings. The van der Waals surface area contributed by atoms with Crippen molar-refractivity contribution in [3.05, 3.63) is 68.5 Å². The molecule has 2 rings (SSSR count). The Hall–Kier alpha value is -3.16. The van der Waals surface area contributed by atoms with E-state index in [2.05, 4.69) is 10.6 Å². The number of rotatable bonds is 6. The van der Waals surface area contributed by atoms with E-state index in [-0.39, 0.29) is 18.4 Å². The molecule has 0 saturated carbocycles. The summed E-state index contributed by atoms with van der Waals surface area (Å²) >= 11 is 0. The topological polar surface area (TPSA) is 102 Å². The van der Waals surface area contributed by atoms with Gasteiger partial charge in [0.2, 0.25) is 5.91 Å². The van der Waals surface area contributed by atoms with Crippen molar-refractivity contribution < 1.29 is 9.59 Å². The Labute approximate surface area is 150 Å². The fraction of sp³-hybridized carbons (Fsp3) is 0.333. The Balaban J connectivity index is 2.05. The van der Waals surface area contributed by atoms with Crippen LogP contribution in [0.4, 0.5) is 0 Å². The zero-order valence-electron chi connectivity index (χ0n) is 15.0. The molecule has 26 heavy (non-hydrogen) atoms. The van der Waals surface area contributed by atoms with E-state index < -0.39 is 17.3 Å². The van der Waals surface area contributed by atoms with Crippen LogP contribution in [0.1, 0.15) is 29.4 Å². The van der Waals surface area contributed by atoms with Crippen molar-refractivity contribution in [1.29, 1.82) is 0 Å². The summed E-state index contributed by atoms with van der Waals surface area (Å²) < 4.78 is 2.28. The van der Waals surface area contributed by atoms with Gasteiger partial charge in [0.25, 0.3) is 11.5 Å². The van der Waals surface area contributed by atoms with Crippen LogP contribution in [0.2, 0.25) is 0 Å². The van der Waals surface area contributed by atoms with Crippen LogP contribution in [0.3, 0.4) is 0 Å². The van der Waals surface area contributed by atoms with Crippen molar-refractivity contribution in [2.24, 2.45) is 14.1 Å². The lowest BCUT2D eigenvalue weighted by Crippen LogP contribution is -2.47. The van der Waals surface area contributed by atoms with Crippen LogP contribution < -0.4 is 21.9 Å². The number of nitrogens with zero attached hydrogens (tertiary/aromatic N) is 2. The molecule has 8 heteroatoms.